The Morgan fingerprint density at radius 1 is 1.47 bits per heavy atom. The molecule has 0 aliphatic carbocycles. The van der Waals surface area contributed by atoms with Crippen LogP contribution < -0.4 is 5.56 Å². The fourth-order valence-corrected chi connectivity index (χ4v) is 1.73. The number of nitro groups is 1. The van der Waals surface area contributed by atoms with Gasteiger partial charge in [-0.2, -0.15) is 0 Å². The molecule has 0 spiro atoms. The number of fused-ring (bicyclic) bond motifs is 1. The van der Waals surface area contributed by atoms with Crippen molar-refractivity contribution in [3.05, 3.63) is 43.2 Å². The molecule has 0 radical (unpaired) electrons. The third-order valence-electron chi connectivity index (χ3n) is 2.42. The van der Waals surface area contributed by atoms with Crippen molar-refractivity contribution in [3.8, 4) is 5.75 Å². The summed E-state index contributed by atoms with van der Waals surface area (Å²) < 4.78 is 0. The van der Waals surface area contributed by atoms with Crippen LogP contribution in [0.5, 0.6) is 5.75 Å². The van der Waals surface area contributed by atoms with Crippen molar-refractivity contribution >= 4 is 28.2 Å². The Labute approximate surface area is 99.6 Å². The maximum absolute atomic E-state index is 11.4. The number of aryl methyl sites for hydroxylation is 1. The molecule has 0 unspecified atom stereocenters. The minimum Gasteiger partial charge on any atom is -0.501 e. The van der Waals surface area contributed by atoms with Gasteiger partial charge in [0.1, 0.15) is 0 Å². The lowest BCUT2D eigenvalue weighted by Crippen LogP contribution is -2.11. The molecule has 17 heavy (non-hydrogen) atoms. The third kappa shape index (κ3) is 1.72. The summed E-state index contributed by atoms with van der Waals surface area (Å²) >= 11 is 5.86. The summed E-state index contributed by atoms with van der Waals surface area (Å²) in [7, 11) is 0. The van der Waals surface area contributed by atoms with Crippen LogP contribution in [-0.4, -0.2) is 15.0 Å². The number of benzene rings is 1. The zero-order valence-corrected chi connectivity index (χ0v) is 9.41. The van der Waals surface area contributed by atoms with Crippen LogP contribution in [0.1, 0.15) is 5.56 Å². The Morgan fingerprint density at radius 2 is 2.12 bits per heavy atom. The minimum absolute atomic E-state index is 0.193. The van der Waals surface area contributed by atoms with Gasteiger partial charge >= 0.3 is 11.2 Å². The number of rotatable bonds is 1. The fraction of sp³-hybridized carbons (Fsp3) is 0.100. The summed E-state index contributed by atoms with van der Waals surface area (Å²) in [5.41, 5.74) is -0.913. The molecule has 1 heterocycles. The van der Waals surface area contributed by atoms with Crippen molar-refractivity contribution in [2.24, 2.45) is 0 Å². The minimum atomic E-state index is -0.958. The molecule has 0 saturated heterocycles. The molecule has 0 saturated carbocycles. The average Bonchev–Trinajstić information content (AvgIpc) is 2.21. The Hall–Kier alpha value is -2.08. The highest BCUT2D eigenvalue weighted by Gasteiger charge is 2.22. The molecular formula is C10H7ClN2O4. The number of hydrogen-bond donors (Lipinski definition) is 2. The first-order valence-electron chi connectivity index (χ1n) is 4.61. The number of nitrogens with zero attached hydrogens (tertiary/aromatic N) is 1. The van der Waals surface area contributed by atoms with Gasteiger partial charge in [0.15, 0.2) is 0 Å². The Morgan fingerprint density at radius 3 is 2.71 bits per heavy atom. The number of aromatic amines is 1. The van der Waals surface area contributed by atoms with Crippen molar-refractivity contribution < 1.29 is 10.0 Å². The Balaban J connectivity index is 2.97. The number of aromatic nitrogens is 1. The van der Waals surface area contributed by atoms with Gasteiger partial charge < -0.3 is 10.1 Å². The second kappa shape index (κ2) is 3.74. The van der Waals surface area contributed by atoms with Crippen LogP contribution in [0.2, 0.25) is 5.02 Å². The van der Waals surface area contributed by atoms with E-state index in [4.69, 9.17) is 11.6 Å². The lowest BCUT2D eigenvalue weighted by molar-refractivity contribution is -0.387. The lowest BCUT2D eigenvalue weighted by Gasteiger charge is -2.04. The summed E-state index contributed by atoms with van der Waals surface area (Å²) in [4.78, 5) is 23.4. The molecule has 2 N–H and O–H groups in total. The van der Waals surface area contributed by atoms with E-state index in [1.165, 1.54) is 12.1 Å². The molecule has 1 aromatic heterocycles. The molecule has 88 valence electrons. The average molecular weight is 255 g/mol. The quantitative estimate of drug-likeness (QED) is 0.602. The van der Waals surface area contributed by atoms with Gasteiger partial charge in [0, 0.05) is 10.4 Å². The van der Waals surface area contributed by atoms with Crippen molar-refractivity contribution in [3.63, 3.8) is 0 Å². The van der Waals surface area contributed by atoms with Crippen LogP contribution in [0.3, 0.4) is 0 Å². The molecule has 6 nitrogen and oxygen atoms in total. The van der Waals surface area contributed by atoms with E-state index in [0.29, 0.717) is 10.6 Å². The summed E-state index contributed by atoms with van der Waals surface area (Å²) in [6.45, 7) is 1.69. The van der Waals surface area contributed by atoms with Gasteiger partial charge in [0.2, 0.25) is 5.75 Å². The molecule has 7 heteroatoms. The highest BCUT2D eigenvalue weighted by atomic mass is 35.5. The maximum atomic E-state index is 11.4. The highest BCUT2D eigenvalue weighted by molar-refractivity contribution is 6.32. The molecule has 0 aliphatic rings. The van der Waals surface area contributed by atoms with Gasteiger partial charge in [-0.05, 0) is 24.6 Å². The number of hydrogen-bond acceptors (Lipinski definition) is 4. The first-order valence-corrected chi connectivity index (χ1v) is 4.99. The molecule has 0 atom stereocenters. The Kier molecular flexibility index (Phi) is 2.51. The van der Waals surface area contributed by atoms with Crippen LogP contribution >= 0.6 is 11.6 Å². The largest absolute Gasteiger partial charge is 0.501 e. The third-order valence-corrected chi connectivity index (χ3v) is 2.83. The predicted octanol–water partition coefficient (Wildman–Crippen LogP) is 2.10. The van der Waals surface area contributed by atoms with E-state index in [1.54, 1.807) is 6.92 Å². The van der Waals surface area contributed by atoms with Crippen molar-refractivity contribution in [2.75, 3.05) is 0 Å². The van der Waals surface area contributed by atoms with Gasteiger partial charge in [0.05, 0.1) is 10.4 Å². The normalized spacial score (nSPS) is 10.7. The monoisotopic (exact) mass is 254 g/mol. The molecule has 2 rings (SSSR count). The van der Waals surface area contributed by atoms with Gasteiger partial charge in [0.25, 0.3) is 0 Å². The molecule has 0 bridgehead atoms. The fourth-order valence-electron chi connectivity index (χ4n) is 1.57. The topological polar surface area (TPSA) is 96.2 Å². The van der Waals surface area contributed by atoms with Crippen molar-refractivity contribution in [1.82, 2.24) is 4.98 Å². The number of pyridine rings is 1. The van der Waals surface area contributed by atoms with E-state index < -0.39 is 21.9 Å². The van der Waals surface area contributed by atoms with E-state index in [9.17, 15) is 20.0 Å². The zero-order valence-electron chi connectivity index (χ0n) is 8.65. The lowest BCUT2D eigenvalue weighted by atomic mass is 10.1. The van der Waals surface area contributed by atoms with Crippen LogP contribution in [0, 0.1) is 17.0 Å². The van der Waals surface area contributed by atoms with E-state index in [2.05, 4.69) is 4.98 Å². The van der Waals surface area contributed by atoms with Crippen LogP contribution in [0.4, 0.5) is 5.69 Å². The van der Waals surface area contributed by atoms with Gasteiger partial charge in [-0.25, -0.2) is 0 Å². The standard InChI is InChI=1S/C10H7ClN2O4/c1-4-2-5-7(3-6(4)11)12-10(15)8(9(5)14)13(16)17/h2-3H,1H3,(H2,12,14,15). The van der Waals surface area contributed by atoms with Crippen LogP contribution in [0.25, 0.3) is 10.9 Å². The van der Waals surface area contributed by atoms with Crippen LogP contribution in [0.15, 0.2) is 16.9 Å². The molecule has 0 fully saturated rings. The van der Waals surface area contributed by atoms with Crippen molar-refractivity contribution in [2.45, 2.75) is 6.92 Å². The van der Waals surface area contributed by atoms with Gasteiger partial charge in [-0.15, -0.1) is 0 Å². The number of aromatic hydroxyl groups is 1. The van der Waals surface area contributed by atoms with Crippen molar-refractivity contribution in [1.29, 1.82) is 0 Å². The second-order valence-electron chi connectivity index (χ2n) is 3.56. The van der Waals surface area contributed by atoms with Gasteiger partial charge in [-0.3, -0.25) is 14.9 Å². The second-order valence-corrected chi connectivity index (χ2v) is 3.96. The first-order chi connectivity index (χ1) is 7.91. The zero-order chi connectivity index (χ0) is 12.7. The number of halogens is 1. The van der Waals surface area contributed by atoms with E-state index >= 15 is 0 Å². The molecule has 2 aromatic rings. The predicted molar refractivity (Wildman–Crippen MR) is 62.6 cm³/mol. The van der Waals surface area contributed by atoms with Crippen LogP contribution in [-0.2, 0) is 0 Å². The number of nitrogens with one attached hydrogen (secondary N) is 1. The summed E-state index contributed by atoms with van der Waals surface area (Å²) in [5, 5.41) is 20.9. The molecule has 0 amide bonds. The van der Waals surface area contributed by atoms with E-state index in [1.807, 2.05) is 0 Å². The number of H-pyrrole nitrogens is 1. The first kappa shape index (κ1) is 11.4. The summed E-state index contributed by atoms with van der Waals surface area (Å²) in [5.74, 6) is -0.645. The van der Waals surface area contributed by atoms with E-state index in [0.717, 1.165) is 0 Å². The molecule has 0 aliphatic heterocycles. The molecule has 1 aromatic carbocycles. The molecular weight excluding hydrogens is 248 g/mol. The highest BCUT2D eigenvalue weighted by Crippen LogP contribution is 2.32. The SMILES string of the molecule is Cc1cc2c(O)c([N+](=O)[O-])c(=O)[nH]c2cc1Cl. The van der Waals surface area contributed by atoms with Gasteiger partial charge in [-0.1, -0.05) is 11.6 Å². The smallest absolute Gasteiger partial charge is 0.375 e. The maximum Gasteiger partial charge on any atom is 0.375 e. The Bertz CT molecular complexity index is 693. The summed E-state index contributed by atoms with van der Waals surface area (Å²) in [6, 6.07) is 2.92. The summed E-state index contributed by atoms with van der Waals surface area (Å²) in [6.07, 6.45) is 0. The van der Waals surface area contributed by atoms with E-state index in [-0.39, 0.29) is 10.9 Å².